The molecule has 0 fully saturated rings. The molecule has 0 saturated heterocycles. The molecule has 132 valence electrons. The molecule has 0 heterocycles. The molecule has 26 heavy (non-hydrogen) atoms. The molecular weight excluding hydrogens is 368 g/mol. The summed E-state index contributed by atoms with van der Waals surface area (Å²) in [4.78, 5) is 13.0. The van der Waals surface area contributed by atoms with Crippen molar-refractivity contribution < 1.29 is 9.53 Å². The van der Waals surface area contributed by atoms with Crippen LogP contribution >= 0.6 is 23.4 Å². The number of rotatable bonds is 6. The van der Waals surface area contributed by atoms with Crippen LogP contribution in [0, 0.1) is 0 Å². The number of nitrogens with zero attached hydrogens (tertiary/aromatic N) is 1. The van der Waals surface area contributed by atoms with Crippen LogP contribution in [-0.2, 0) is 4.79 Å². The van der Waals surface area contributed by atoms with E-state index in [1.807, 2.05) is 48.5 Å². The molecule has 3 aromatic carbocycles. The van der Waals surface area contributed by atoms with Gasteiger partial charge < -0.3 is 4.74 Å². The Labute approximate surface area is 161 Å². The molecule has 3 rings (SSSR count). The van der Waals surface area contributed by atoms with Gasteiger partial charge in [0, 0.05) is 15.5 Å². The fraction of sp³-hybridized carbons (Fsp3) is 0.100. The Hall–Kier alpha value is -2.50. The summed E-state index contributed by atoms with van der Waals surface area (Å²) in [5.74, 6) is 0.795. The molecule has 0 aliphatic rings. The predicted octanol–water partition coefficient (Wildman–Crippen LogP) is 4.74. The van der Waals surface area contributed by atoms with Gasteiger partial charge in [-0.25, -0.2) is 5.43 Å². The van der Waals surface area contributed by atoms with Crippen molar-refractivity contribution in [3.05, 3.63) is 71.2 Å². The number of hydrogen-bond donors (Lipinski definition) is 1. The molecule has 0 radical (unpaired) electrons. The van der Waals surface area contributed by atoms with E-state index in [-0.39, 0.29) is 11.7 Å². The van der Waals surface area contributed by atoms with Crippen LogP contribution in [0.5, 0.6) is 5.75 Å². The van der Waals surface area contributed by atoms with Crippen LogP contribution in [-0.4, -0.2) is 25.0 Å². The summed E-state index contributed by atoms with van der Waals surface area (Å²) in [5, 5.41) is 6.86. The minimum absolute atomic E-state index is 0.180. The Morgan fingerprint density at radius 1 is 1.15 bits per heavy atom. The van der Waals surface area contributed by atoms with Crippen molar-refractivity contribution in [2.24, 2.45) is 5.10 Å². The van der Waals surface area contributed by atoms with Crippen LogP contribution in [0.1, 0.15) is 5.56 Å². The van der Waals surface area contributed by atoms with Crippen molar-refractivity contribution in [3.8, 4) is 5.75 Å². The zero-order chi connectivity index (χ0) is 18.4. The zero-order valence-electron chi connectivity index (χ0n) is 14.1. The van der Waals surface area contributed by atoms with Gasteiger partial charge in [0.05, 0.1) is 19.1 Å². The second-order valence-corrected chi connectivity index (χ2v) is 6.92. The van der Waals surface area contributed by atoms with Gasteiger partial charge in [-0.05, 0) is 41.1 Å². The van der Waals surface area contributed by atoms with E-state index >= 15 is 0 Å². The molecule has 0 atom stereocenters. The second-order valence-electron chi connectivity index (χ2n) is 5.44. The van der Waals surface area contributed by atoms with Crippen molar-refractivity contribution in [1.82, 2.24) is 5.43 Å². The summed E-state index contributed by atoms with van der Waals surface area (Å²) in [6.07, 6.45) is 1.62. The van der Waals surface area contributed by atoms with E-state index in [9.17, 15) is 4.79 Å². The SMILES string of the molecule is COc1ccc2ccccc2c1/C=N\NC(=O)CSc1ccc(Cl)cc1. The highest BCUT2D eigenvalue weighted by molar-refractivity contribution is 8.00. The van der Waals surface area contributed by atoms with E-state index in [4.69, 9.17) is 16.3 Å². The lowest BCUT2D eigenvalue weighted by molar-refractivity contribution is -0.118. The molecule has 1 N–H and O–H groups in total. The van der Waals surface area contributed by atoms with Crippen molar-refractivity contribution in [2.75, 3.05) is 12.9 Å². The monoisotopic (exact) mass is 384 g/mol. The quantitative estimate of drug-likeness (QED) is 0.379. The van der Waals surface area contributed by atoms with E-state index in [0.29, 0.717) is 10.8 Å². The van der Waals surface area contributed by atoms with Gasteiger partial charge in [-0.1, -0.05) is 41.9 Å². The number of ether oxygens (including phenoxy) is 1. The highest BCUT2D eigenvalue weighted by Gasteiger charge is 2.06. The van der Waals surface area contributed by atoms with Crippen molar-refractivity contribution in [3.63, 3.8) is 0 Å². The van der Waals surface area contributed by atoms with E-state index < -0.39 is 0 Å². The number of hydrogen-bond acceptors (Lipinski definition) is 4. The molecule has 0 spiro atoms. The van der Waals surface area contributed by atoms with Crippen LogP contribution in [0.25, 0.3) is 10.8 Å². The number of carbonyl (C=O) groups is 1. The second kappa shape index (κ2) is 8.74. The van der Waals surface area contributed by atoms with E-state index in [0.717, 1.165) is 21.2 Å². The topological polar surface area (TPSA) is 50.7 Å². The molecule has 0 saturated carbocycles. The molecule has 0 aliphatic heterocycles. The first-order valence-electron chi connectivity index (χ1n) is 7.93. The normalized spacial score (nSPS) is 11.0. The van der Waals surface area contributed by atoms with Gasteiger partial charge in [0.25, 0.3) is 0 Å². The maximum Gasteiger partial charge on any atom is 0.250 e. The molecule has 3 aromatic rings. The molecule has 4 nitrogen and oxygen atoms in total. The van der Waals surface area contributed by atoms with Crippen molar-refractivity contribution in [2.45, 2.75) is 4.90 Å². The number of thioether (sulfide) groups is 1. The summed E-state index contributed by atoms with van der Waals surface area (Å²) in [7, 11) is 1.61. The number of methoxy groups -OCH3 is 1. The molecule has 0 unspecified atom stereocenters. The average molecular weight is 385 g/mol. The lowest BCUT2D eigenvalue weighted by Crippen LogP contribution is -2.19. The Bertz CT molecular complexity index is 942. The number of benzene rings is 3. The Morgan fingerprint density at radius 2 is 1.92 bits per heavy atom. The minimum Gasteiger partial charge on any atom is -0.496 e. The van der Waals surface area contributed by atoms with Crippen molar-refractivity contribution in [1.29, 1.82) is 0 Å². The van der Waals surface area contributed by atoms with Crippen molar-refractivity contribution >= 4 is 46.3 Å². The van der Waals surface area contributed by atoms with Crippen LogP contribution < -0.4 is 10.2 Å². The maximum atomic E-state index is 12.0. The van der Waals surface area contributed by atoms with Gasteiger partial charge in [0.15, 0.2) is 0 Å². The summed E-state index contributed by atoms with van der Waals surface area (Å²) in [6, 6.07) is 19.2. The number of nitrogens with one attached hydrogen (secondary N) is 1. The van der Waals surface area contributed by atoms with Gasteiger partial charge in [0.2, 0.25) is 5.91 Å². The number of halogens is 1. The Kier molecular flexibility index (Phi) is 6.15. The lowest BCUT2D eigenvalue weighted by Gasteiger charge is -2.08. The van der Waals surface area contributed by atoms with Gasteiger partial charge in [-0.2, -0.15) is 5.10 Å². The number of amides is 1. The first kappa shape index (κ1) is 18.3. The van der Waals surface area contributed by atoms with Crippen LogP contribution in [0.3, 0.4) is 0 Å². The summed E-state index contributed by atoms with van der Waals surface area (Å²) in [5.41, 5.74) is 3.39. The third kappa shape index (κ3) is 4.56. The van der Waals surface area contributed by atoms with Gasteiger partial charge >= 0.3 is 0 Å². The first-order chi connectivity index (χ1) is 12.7. The minimum atomic E-state index is -0.180. The maximum absolute atomic E-state index is 12.0. The van der Waals surface area contributed by atoms with Gasteiger partial charge in [-0.15, -0.1) is 11.8 Å². The summed E-state index contributed by atoms with van der Waals surface area (Å²) in [6.45, 7) is 0. The Morgan fingerprint density at radius 3 is 2.69 bits per heavy atom. The third-order valence-electron chi connectivity index (χ3n) is 3.72. The number of hydrazone groups is 1. The number of fused-ring (bicyclic) bond motifs is 1. The molecular formula is C20H17ClN2O2S. The first-order valence-corrected chi connectivity index (χ1v) is 9.30. The molecule has 0 aliphatic carbocycles. The van der Waals surface area contributed by atoms with Crippen LogP contribution in [0.15, 0.2) is 70.7 Å². The van der Waals surface area contributed by atoms with E-state index in [1.165, 1.54) is 11.8 Å². The summed E-state index contributed by atoms with van der Waals surface area (Å²) < 4.78 is 5.41. The molecule has 1 amide bonds. The van der Waals surface area contributed by atoms with E-state index in [1.54, 1.807) is 25.5 Å². The largest absolute Gasteiger partial charge is 0.496 e. The highest BCUT2D eigenvalue weighted by atomic mass is 35.5. The van der Waals surface area contributed by atoms with Gasteiger partial charge in [-0.3, -0.25) is 4.79 Å². The average Bonchev–Trinajstić information content (AvgIpc) is 2.67. The molecule has 0 aromatic heterocycles. The summed E-state index contributed by atoms with van der Waals surface area (Å²) >= 11 is 7.27. The molecule has 6 heteroatoms. The number of carbonyl (C=O) groups excluding carboxylic acids is 1. The third-order valence-corrected chi connectivity index (χ3v) is 4.98. The van der Waals surface area contributed by atoms with Crippen LogP contribution in [0.2, 0.25) is 5.02 Å². The fourth-order valence-corrected chi connectivity index (χ4v) is 3.28. The highest BCUT2D eigenvalue weighted by Crippen LogP contribution is 2.26. The standard InChI is InChI=1S/C20H17ClN2O2S/c1-25-19-11-6-14-4-2-3-5-17(14)18(19)12-22-23-20(24)13-26-16-9-7-15(21)8-10-16/h2-12H,13H2,1H3,(H,23,24)/b22-12-. The van der Waals surface area contributed by atoms with Crippen LogP contribution in [0.4, 0.5) is 0 Å². The zero-order valence-corrected chi connectivity index (χ0v) is 15.7. The fourth-order valence-electron chi connectivity index (χ4n) is 2.47. The van der Waals surface area contributed by atoms with E-state index in [2.05, 4.69) is 10.5 Å². The lowest BCUT2D eigenvalue weighted by atomic mass is 10.0. The Balaban J connectivity index is 1.65. The smallest absolute Gasteiger partial charge is 0.250 e. The predicted molar refractivity (Wildman–Crippen MR) is 108 cm³/mol. The van der Waals surface area contributed by atoms with Gasteiger partial charge in [0.1, 0.15) is 5.75 Å². The molecule has 0 bridgehead atoms.